The van der Waals surface area contributed by atoms with E-state index in [1.54, 1.807) is 0 Å². The summed E-state index contributed by atoms with van der Waals surface area (Å²) < 4.78 is 25.2. The summed E-state index contributed by atoms with van der Waals surface area (Å²) in [5.74, 6) is -0.0192. The molecule has 25 heavy (non-hydrogen) atoms. The van der Waals surface area contributed by atoms with Gasteiger partial charge in [-0.3, -0.25) is 4.90 Å². The number of piperidine rings is 2. The van der Waals surface area contributed by atoms with Gasteiger partial charge in [-0.2, -0.15) is 0 Å². The maximum absolute atomic E-state index is 11.8. The molecule has 2 aliphatic heterocycles. The van der Waals surface area contributed by atoms with Crippen molar-refractivity contribution >= 4 is 16.1 Å². The quantitative estimate of drug-likeness (QED) is 0.885. The van der Waals surface area contributed by atoms with Gasteiger partial charge in [0.15, 0.2) is 0 Å². The summed E-state index contributed by atoms with van der Waals surface area (Å²) in [6.45, 7) is 5.41. The van der Waals surface area contributed by atoms with E-state index >= 15 is 0 Å². The lowest BCUT2D eigenvalue weighted by atomic mass is 9.76. The molecular formula is C19H28N2O3S. The zero-order valence-corrected chi connectivity index (χ0v) is 15.9. The van der Waals surface area contributed by atoms with Crippen molar-refractivity contribution in [2.45, 2.75) is 25.4 Å². The third kappa shape index (κ3) is 4.50. The van der Waals surface area contributed by atoms with Gasteiger partial charge in [-0.05, 0) is 25.3 Å². The second kappa shape index (κ2) is 7.19. The number of fused-ring (bicyclic) bond motifs is 1. The molecule has 6 heteroatoms. The fraction of sp³-hybridized carbons (Fsp3) is 0.579. The molecule has 2 atom stereocenters. The van der Waals surface area contributed by atoms with Crippen molar-refractivity contribution < 1.29 is 13.5 Å². The highest BCUT2D eigenvalue weighted by Crippen LogP contribution is 2.36. The first-order chi connectivity index (χ1) is 11.8. The summed E-state index contributed by atoms with van der Waals surface area (Å²) >= 11 is 0. The smallest absolute Gasteiger partial charge is 0.211 e. The second-order valence-electron chi connectivity index (χ2n) is 7.56. The first-order valence-electron chi connectivity index (χ1n) is 8.88. The summed E-state index contributed by atoms with van der Waals surface area (Å²) in [4.78, 5) is 2.33. The molecular weight excluding hydrogens is 336 g/mol. The highest BCUT2D eigenvalue weighted by molar-refractivity contribution is 7.88. The lowest BCUT2D eigenvalue weighted by molar-refractivity contribution is -0.0996. The van der Waals surface area contributed by atoms with Crippen molar-refractivity contribution in [3.8, 4) is 0 Å². The van der Waals surface area contributed by atoms with Crippen LogP contribution in [0.2, 0.25) is 0 Å². The SMILES string of the molecule is C/C(=C\c1ccccc1)CN1CC[C@@]2(O)CCN(S(C)(=O)=O)C[C@H]2C1. The van der Waals surface area contributed by atoms with Crippen LogP contribution in [0.1, 0.15) is 25.3 Å². The van der Waals surface area contributed by atoms with Crippen LogP contribution in [-0.2, 0) is 10.0 Å². The molecule has 0 spiro atoms. The van der Waals surface area contributed by atoms with Gasteiger partial charge in [0.05, 0.1) is 11.9 Å². The normalized spacial score (nSPS) is 29.4. The Morgan fingerprint density at radius 3 is 2.60 bits per heavy atom. The van der Waals surface area contributed by atoms with E-state index in [1.807, 2.05) is 18.2 Å². The molecule has 0 aromatic heterocycles. The molecule has 2 fully saturated rings. The van der Waals surface area contributed by atoms with E-state index in [-0.39, 0.29) is 5.92 Å². The number of aliphatic hydroxyl groups is 1. The number of nitrogens with zero attached hydrogens (tertiary/aromatic N) is 2. The second-order valence-corrected chi connectivity index (χ2v) is 9.54. The Hall–Kier alpha value is -1.21. The van der Waals surface area contributed by atoms with Gasteiger partial charge < -0.3 is 5.11 Å². The minimum atomic E-state index is -3.19. The zero-order chi connectivity index (χ0) is 18.1. The van der Waals surface area contributed by atoms with Crippen molar-refractivity contribution in [3.05, 3.63) is 41.5 Å². The largest absolute Gasteiger partial charge is 0.389 e. The first kappa shape index (κ1) is 18.6. The topological polar surface area (TPSA) is 60.9 Å². The van der Waals surface area contributed by atoms with E-state index in [0.29, 0.717) is 25.9 Å². The molecule has 138 valence electrons. The molecule has 2 heterocycles. The van der Waals surface area contributed by atoms with Gasteiger partial charge in [0.1, 0.15) is 0 Å². The van der Waals surface area contributed by atoms with Crippen LogP contribution in [0, 0.1) is 5.92 Å². The minimum Gasteiger partial charge on any atom is -0.389 e. The Morgan fingerprint density at radius 2 is 1.92 bits per heavy atom. The number of hydrogen-bond donors (Lipinski definition) is 1. The van der Waals surface area contributed by atoms with Crippen molar-refractivity contribution in [1.29, 1.82) is 0 Å². The standard InChI is InChI=1S/C19H28N2O3S/c1-16(12-17-6-4-3-5-7-17)13-20-10-8-19(22)9-11-21(25(2,23)24)15-18(19)14-20/h3-7,12,18,22H,8-11,13-15H2,1-2H3/b16-12+/t18-,19-/m1/s1. The molecule has 0 unspecified atom stereocenters. The summed E-state index contributed by atoms with van der Waals surface area (Å²) in [6, 6.07) is 10.2. The molecule has 2 aliphatic rings. The molecule has 1 aromatic carbocycles. The van der Waals surface area contributed by atoms with E-state index in [4.69, 9.17) is 0 Å². The van der Waals surface area contributed by atoms with E-state index < -0.39 is 15.6 Å². The number of likely N-dealkylation sites (tertiary alicyclic amines) is 1. The van der Waals surface area contributed by atoms with E-state index in [9.17, 15) is 13.5 Å². The van der Waals surface area contributed by atoms with Crippen molar-refractivity contribution in [3.63, 3.8) is 0 Å². The van der Waals surface area contributed by atoms with Gasteiger partial charge in [0, 0.05) is 38.6 Å². The molecule has 0 amide bonds. The summed E-state index contributed by atoms with van der Waals surface area (Å²) in [6.07, 6.45) is 4.69. The average molecular weight is 365 g/mol. The van der Waals surface area contributed by atoms with Gasteiger partial charge in [0.2, 0.25) is 10.0 Å². The molecule has 0 aliphatic carbocycles. The highest BCUT2D eigenvalue weighted by Gasteiger charge is 2.46. The van der Waals surface area contributed by atoms with Crippen molar-refractivity contribution in [2.24, 2.45) is 5.92 Å². The maximum Gasteiger partial charge on any atom is 0.211 e. The highest BCUT2D eigenvalue weighted by atomic mass is 32.2. The van der Waals surface area contributed by atoms with E-state index in [1.165, 1.54) is 21.7 Å². The number of hydrogen-bond acceptors (Lipinski definition) is 4. The summed E-state index contributed by atoms with van der Waals surface area (Å²) in [5.41, 5.74) is 1.75. The van der Waals surface area contributed by atoms with E-state index in [0.717, 1.165) is 19.6 Å². The van der Waals surface area contributed by atoms with Crippen LogP contribution in [0.25, 0.3) is 6.08 Å². The number of sulfonamides is 1. The third-order valence-electron chi connectivity index (χ3n) is 5.47. The van der Waals surface area contributed by atoms with Crippen LogP contribution >= 0.6 is 0 Å². The van der Waals surface area contributed by atoms with Crippen LogP contribution in [0.5, 0.6) is 0 Å². The van der Waals surface area contributed by atoms with E-state index in [2.05, 4.69) is 30.0 Å². The molecule has 1 aromatic rings. The van der Waals surface area contributed by atoms with Crippen LogP contribution < -0.4 is 0 Å². The summed E-state index contributed by atoms with van der Waals surface area (Å²) in [7, 11) is -3.19. The zero-order valence-electron chi connectivity index (χ0n) is 15.1. The first-order valence-corrected chi connectivity index (χ1v) is 10.7. The fourth-order valence-electron chi connectivity index (χ4n) is 4.02. The predicted octanol–water partition coefficient (Wildman–Crippen LogP) is 1.81. The van der Waals surface area contributed by atoms with Crippen LogP contribution in [0.4, 0.5) is 0 Å². The van der Waals surface area contributed by atoms with Crippen molar-refractivity contribution in [2.75, 3.05) is 39.0 Å². The molecule has 0 saturated carbocycles. The monoisotopic (exact) mass is 364 g/mol. The molecule has 5 nitrogen and oxygen atoms in total. The lowest BCUT2D eigenvalue weighted by Gasteiger charge is -2.49. The van der Waals surface area contributed by atoms with Gasteiger partial charge in [-0.25, -0.2) is 12.7 Å². The predicted molar refractivity (Wildman–Crippen MR) is 101 cm³/mol. The van der Waals surface area contributed by atoms with Crippen molar-refractivity contribution in [1.82, 2.24) is 9.21 Å². The Morgan fingerprint density at radius 1 is 1.24 bits per heavy atom. The van der Waals surface area contributed by atoms with Gasteiger partial charge in [-0.1, -0.05) is 42.0 Å². The Balaban J connectivity index is 1.65. The molecule has 0 bridgehead atoms. The lowest BCUT2D eigenvalue weighted by Crippen LogP contribution is -2.60. The fourth-order valence-corrected chi connectivity index (χ4v) is 4.89. The Labute approximate surface area is 151 Å². The third-order valence-corrected chi connectivity index (χ3v) is 6.74. The maximum atomic E-state index is 11.8. The Kier molecular flexibility index (Phi) is 5.34. The average Bonchev–Trinajstić information content (AvgIpc) is 2.54. The van der Waals surface area contributed by atoms with Crippen LogP contribution in [-0.4, -0.2) is 67.3 Å². The molecule has 3 rings (SSSR count). The molecule has 1 N–H and O–H groups in total. The number of benzene rings is 1. The number of rotatable bonds is 4. The molecule has 2 saturated heterocycles. The Bertz CT molecular complexity index is 732. The van der Waals surface area contributed by atoms with Crippen LogP contribution in [0.15, 0.2) is 35.9 Å². The minimum absolute atomic E-state index is 0.0192. The van der Waals surface area contributed by atoms with Gasteiger partial charge in [-0.15, -0.1) is 0 Å². The van der Waals surface area contributed by atoms with Gasteiger partial charge >= 0.3 is 0 Å². The van der Waals surface area contributed by atoms with Crippen LogP contribution in [0.3, 0.4) is 0 Å². The summed E-state index contributed by atoms with van der Waals surface area (Å²) in [5, 5.41) is 10.9. The van der Waals surface area contributed by atoms with Gasteiger partial charge in [0.25, 0.3) is 0 Å². The molecule has 0 radical (unpaired) electrons.